The molecule has 1 fully saturated rings. The summed E-state index contributed by atoms with van der Waals surface area (Å²) in [5.41, 5.74) is 0. The van der Waals surface area contributed by atoms with E-state index in [1.807, 2.05) is 13.8 Å². The maximum Gasteiger partial charge on any atom is 0.309 e. The van der Waals surface area contributed by atoms with Gasteiger partial charge in [0.25, 0.3) is 0 Å². The van der Waals surface area contributed by atoms with E-state index in [1.165, 1.54) is 19.3 Å². The SMILES string of the molecule is CCCCCCCOC(=O)C1CCCCC1C(=O)OCC(C)C. The van der Waals surface area contributed by atoms with Crippen LogP contribution in [0.4, 0.5) is 0 Å². The van der Waals surface area contributed by atoms with Crippen LogP contribution in [0.25, 0.3) is 0 Å². The average Bonchev–Trinajstić information content (AvgIpc) is 2.55. The van der Waals surface area contributed by atoms with Gasteiger partial charge in [-0.25, -0.2) is 0 Å². The van der Waals surface area contributed by atoms with Crippen LogP contribution >= 0.6 is 0 Å². The quantitative estimate of drug-likeness (QED) is 0.438. The average molecular weight is 326 g/mol. The van der Waals surface area contributed by atoms with Crippen molar-refractivity contribution in [2.75, 3.05) is 13.2 Å². The third-order valence-electron chi connectivity index (χ3n) is 4.42. The van der Waals surface area contributed by atoms with Crippen molar-refractivity contribution in [3.63, 3.8) is 0 Å². The second-order valence-electron chi connectivity index (χ2n) is 7.10. The van der Waals surface area contributed by atoms with Gasteiger partial charge >= 0.3 is 11.9 Å². The predicted octanol–water partition coefficient (Wildman–Crippen LogP) is 4.51. The summed E-state index contributed by atoms with van der Waals surface area (Å²) in [5.74, 6) is -0.722. The van der Waals surface area contributed by atoms with Crippen molar-refractivity contribution in [3.8, 4) is 0 Å². The molecule has 0 heterocycles. The van der Waals surface area contributed by atoms with Crippen LogP contribution in [-0.2, 0) is 19.1 Å². The number of rotatable bonds is 10. The molecule has 1 aliphatic rings. The minimum absolute atomic E-state index is 0.202. The molecule has 0 bridgehead atoms. The molecule has 23 heavy (non-hydrogen) atoms. The van der Waals surface area contributed by atoms with E-state index < -0.39 is 0 Å². The molecule has 1 rings (SSSR count). The summed E-state index contributed by atoms with van der Waals surface area (Å²) in [4.78, 5) is 24.5. The monoisotopic (exact) mass is 326 g/mol. The fourth-order valence-electron chi connectivity index (χ4n) is 3.04. The van der Waals surface area contributed by atoms with Gasteiger partial charge in [-0.3, -0.25) is 9.59 Å². The van der Waals surface area contributed by atoms with E-state index in [-0.39, 0.29) is 23.8 Å². The Balaban J connectivity index is 2.37. The normalized spacial score (nSPS) is 21.2. The Morgan fingerprint density at radius 1 is 0.913 bits per heavy atom. The molecule has 0 aromatic rings. The highest BCUT2D eigenvalue weighted by molar-refractivity contribution is 5.82. The van der Waals surface area contributed by atoms with Crippen molar-refractivity contribution in [1.82, 2.24) is 0 Å². The van der Waals surface area contributed by atoms with Gasteiger partial charge in [0.1, 0.15) is 0 Å². The first-order chi connectivity index (χ1) is 11.1. The van der Waals surface area contributed by atoms with Crippen LogP contribution in [0, 0.1) is 17.8 Å². The number of hydrogen-bond acceptors (Lipinski definition) is 4. The molecule has 2 unspecified atom stereocenters. The van der Waals surface area contributed by atoms with E-state index in [0.29, 0.717) is 19.1 Å². The van der Waals surface area contributed by atoms with E-state index in [9.17, 15) is 9.59 Å². The Bertz CT molecular complexity index is 351. The number of ether oxygens (including phenoxy) is 2. The number of carbonyl (C=O) groups excluding carboxylic acids is 2. The molecule has 4 nitrogen and oxygen atoms in total. The maximum atomic E-state index is 12.3. The molecule has 0 spiro atoms. The fourth-order valence-corrected chi connectivity index (χ4v) is 3.04. The van der Waals surface area contributed by atoms with Gasteiger partial charge in [0, 0.05) is 0 Å². The number of esters is 2. The second kappa shape index (κ2) is 11.5. The Labute approximate surface area is 141 Å². The Morgan fingerprint density at radius 2 is 1.48 bits per heavy atom. The van der Waals surface area contributed by atoms with E-state index in [4.69, 9.17) is 9.47 Å². The van der Waals surface area contributed by atoms with Crippen LogP contribution in [0.5, 0.6) is 0 Å². The van der Waals surface area contributed by atoms with Gasteiger partial charge in [0.2, 0.25) is 0 Å². The molecule has 0 amide bonds. The van der Waals surface area contributed by atoms with Crippen LogP contribution in [0.2, 0.25) is 0 Å². The van der Waals surface area contributed by atoms with Crippen molar-refractivity contribution in [2.45, 2.75) is 78.6 Å². The Kier molecular flexibility index (Phi) is 9.97. The summed E-state index contributed by atoms with van der Waals surface area (Å²) in [7, 11) is 0. The minimum Gasteiger partial charge on any atom is -0.465 e. The minimum atomic E-state index is -0.310. The predicted molar refractivity (Wildman–Crippen MR) is 91.0 cm³/mol. The Morgan fingerprint density at radius 3 is 2.04 bits per heavy atom. The standard InChI is InChI=1S/C19H34O4/c1-4-5-6-7-10-13-22-18(20)16-11-8-9-12-17(16)19(21)23-14-15(2)3/h15-17H,4-14H2,1-3H3. The van der Waals surface area contributed by atoms with Gasteiger partial charge in [-0.1, -0.05) is 59.3 Å². The summed E-state index contributed by atoms with van der Waals surface area (Å²) >= 11 is 0. The number of carbonyl (C=O) groups is 2. The zero-order valence-corrected chi connectivity index (χ0v) is 15.1. The highest BCUT2D eigenvalue weighted by Gasteiger charge is 2.37. The summed E-state index contributed by atoms with van der Waals surface area (Å²) in [6.45, 7) is 7.11. The lowest BCUT2D eigenvalue weighted by molar-refractivity contribution is -0.163. The molecular formula is C19H34O4. The van der Waals surface area contributed by atoms with Crippen molar-refractivity contribution >= 4 is 11.9 Å². The molecular weight excluding hydrogens is 292 g/mol. The van der Waals surface area contributed by atoms with Gasteiger partial charge in [0.05, 0.1) is 25.0 Å². The van der Waals surface area contributed by atoms with Crippen LogP contribution < -0.4 is 0 Å². The van der Waals surface area contributed by atoms with E-state index in [2.05, 4.69) is 6.92 Å². The van der Waals surface area contributed by atoms with Gasteiger partial charge in [-0.05, 0) is 25.2 Å². The lowest BCUT2D eigenvalue weighted by Gasteiger charge is -2.28. The Hall–Kier alpha value is -1.06. The first-order valence-corrected chi connectivity index (χ1v) is 9.39. The zero-order valence-electron chi connectivity index (χ0n) is 15.1. The molecule has 2 atom stereocenters. The molecule has 0 aromatic carbocycles. The summed E-state index contributed by atoms with van der Waals surface area (Å²) < 4.78 is 10.8. The molecule has 0 aliphatic heterocycles. The van der Waals surface area contributed by atoms with Gasteiger partial charge < -0.3 is 9.47 Å². The summed E-state index contributed by atoms with van der Waals surface area (Å²) in [6.07, 6.45) is 9.13. The van der Waals surface area contributed by atoms with Gasteiger partial charge in [0.15, 0.2) is 0 Å². The van der Waals surface area contributed by atoms with Crippen molar-refractivity contribution < 1.29 is 19.1 Å². The van der Waals surface area contributed by atoms with E-state index in [0.717, 1.165) is 38.5 Å². The lowest BCUT2D eigenvalue weighted by Crippen LogP contribution is -2.35. The van der Waals surface area contributed by atoms with Crippen LogP contribution in [0.3, 0.4) is 0 Å². The molecule has 0 N–H and O–H groups in total. The summed E-state index contributed by atoms with van der Waals surface area (Å²) in [5, 5.41) is 0. The highest BCUT2D eigenvalue weighted by atomic mass is 16.5. The first-order valence-electron chi connectivity index (χ1n) is 9.39. The third-order valence-corrected chi connectivity index (χ3v) is 4.42. The topological polar surface area (TPSA) is 52.6 Å². The molecule has 0 radical (unpaired) electrons. The molecule has 0 saturated heterocycles. The molecule has 4 heteroatoms. The van der Waals surface area contributed by atoms with E-state index in [1.54, 1.807) is 0 Å². The van der Waals surface area contributed by atoms with Gasteiger partial charge in [-0.2, -0.15) is 0 Å². The van der Waals surface area contributed by atoms with Crippen molar-refractivity contribution in [3.05, 3.63) is 0 Å². The smallest absolute Gasteiger partial charge is 0.309 e. The molecule has 134 valence electrons. The first kappa shape index (κ1) is 20.0. The van der Waals surface area contributed by atoms with Crippen molar-refractivity contribution in [2.24, 2.45) is 17.8 Å². The number of unbranched alkanes of at least 4 members (excludes halogenated alkanes) is 4. The van der Waals surface area contributed by atoms with Crippen molar-refractivity contribution in [1.29, 1.82) is 0 Å². The van der Waals surface area contributed by atoms with E-state index >= 15 is 0 Å². The molecule has 1 aliphatic carbocycles. The van der Waals surface area contributed by atoms with Gasteiger partial charge in [-0.15, -0.1) is 0 Å². The fraction of sp³-hybridized carbons (Fsp3) is 0.895. The third kappa shape index (κ3) is 7.85. The largest absolute Gasteiger partial charge is 0.465 e. The zero-order chi connectivity index (χ0) is 17.1. The molecule has 0 aromatic heterocycles. The number of hydrogen-bond donors (Lipinski definition) is 0. The van der Waals surface area contributed by atoms with Crippen LogP contribution in [-0.4, -0.2) is 25.2 Å². The lowest BCUT2D eigenvalue weighted by atomic mass is 9.79. The highest BCUT2D eigenvalue weighted by Crippen LogP contribution is 2.32. The second-order valence-corrected chi connectivity index (χ2v) is 7.10. The maximum absolute atomic E-state index is 12.3. The van der Waals surface area contributed by atoms with Crippen LogP contribution in [0.15, 0.2) is 0 Å². The molecule has 1 saturated carbocycles. The summed E-state index contributed by atoms with van der Waals surface area (Å²) in [6, 6.07) is 0. The van der Waals surface area contributed by atoms with Crippen LogP contribution in [0.1, 0.15) is 78.6 Å².